The lowest BCUT2D eigenvalue weighted by Crippen LogP contribution is -2.63. The van der Waals surface area contributed by atoms with Gasteiger partial charge < -0.3 is 9.84 Å². The van der Waals surface area contributed by atoms with Crippen LogP contribution in [0.2, 0.25) is 0 Å². The first kappa shape index (κ1) is 16.3. The van der Waals surface area contributed by atoms with Crippen molar-refractivity contribution in [2.75, 3.05) is 19.7 Å². The molecule has 2 rings (SSSR count). The average Bonchev–Trinajstić information content (AvgIpc) is 2.32. The van der Waals surface area contributed by atoms with E-state index in [4.69, 9.17) is 9.84 Å². The summed E-state index contributed by atoms with van der Waals surface area (Å²) in [6.07, 6.45) is 0. The van der Waals surface area contributed by atoms with Crippen LogP contribution in [-0.2, 0) is 19.6 Å². The van der Waals surface area contributed by atoms with Crippen molar-refractivity contribution in [3.8, 4) is 0 Å². The molecule has 0 aromatic heterocycles. The van der Waals surface area contributed by atoms with Gasteiger partial charge >= 0.3 is 5.97 Å². The monoisotopic (exact) mass is 381 g/mol. The highest BCUT2D eigenvalue weighted by atomic mass is 79.9. The standard InChI is InChI=1S/C12H13BrFNO5S/c1-12(20-5-11(16)17)6-15(7-12)21(18,19)10-3-2-8(13)4-9(10)14/h2-4H,5-7H2,1H3,(H,16,17). The molecule has 0 bridgehead atoms. The Bertz CT molecular complexity index is 672. The second kappa shape index (κ2) is 5.64. The number of hydrogen-bond acceptors (Lipinski definition) is 4. The number of hydrogen-bond donors (Lipinski definition) is 1. The second-order valence-electron chi connectivity index (χ2n) is 4.98. The Morgan fingerprint density at radius 3 is 2.67 bits per heavy atom. The van der Waals surface area contributed by atoms with Crippen LogP contribution in [0.4, 0.5) is 4.39 Å². The highest BCUT2D eigenvalue weighted by Crippen LogP contribution is 2.32. The molecule has 0 unspecified atom stereocenters. The Hall–Kier alpha value is -1.03. The number of carboxylic acid groups (broad SMARTS) is 1. The van der Waals surface area contributed by atoms with E-state index in [-0.39, 0.29) is 13.1 Å². The van der Waals surface area contributed by atoms with Crippen molar-refractivity contribution in [2.24, 2.45) is 0 Å². The van der Waals surface area contributed by atoms with Crippen molar-refractivity contribution in [1.82, 2.24) is 4.31 Å². The summed E-state index contributed by atoms with van der Waals surface area (Å²) in [6, 6.07) is 3.70. The van der Waals surface area contributed by atoms with Gasteiger partial charge in [0.05, 0.1) is 5.60 Å². The van der Waals surface area contributed by atoms with Crippen LogP contribution in [0, 0.1) is 5.82 Å². The van der Waals surface area contributed by atoms with E-state index in [1.54, 1.807) is 6.92 Å². The van der Waals surface area contributed by atoms with Gasteiger partial charge in [0, 0.05) is 17.6 Å². The molecule has 1 heterocycles. The zero-order valence-electron chi connectivity index (χ0n) is 11.0. The Morgan fingerprint density at radius 2 is 2.14 bits per heavy atom. The fourth-order valence-electron chi connectivity index (χ4n) is 2.02. The van der Waals surface area contributed by atoms with Crippen molar-refractivity contribution in [1.29, 1.82) is 0 Å². The normalized spacial score (nSPS) is 18.2. The van der Waals surface area contributed by atoms with Crippen molar-refractivity contribution in [3.05, 3.63) is 28.5 Å². The summed E-state index contributed by atoms with van der Waals surface area (Å²) in [5.74, 6) is -1.97. The molecule has 1 aliphatic heterocycles. The third-order valence-corrected chi connectivity index (χ3v) is 5.40. The fraction of sp³-hybridized carbons (Fsp3) is 0.417. The molecule has 9 heteroatoms. The van der Waals surface area contributed by atoms with Crippen molar-refractivity contribution >= 4 is 31.9 Å². The van der Waals surface area contributed by atoms with Crippen LogP contribution in [0.15, 0.2) is 27.6 Å². The van der Waals surface area contributed by atoms with E-state index in [0.717, 1.165) is 10.4 Å². The summed E-state index contributed by atoms with van der Waals surface area (Å²) < 4.78 is 44.9. The molecular formula is C12H13BrFNO5S. The maximum absolute atomic E-state index is 13.8. The summed E-state index contributed by atoms with van der Waals surface area (Å²) in [7, 11) is -3.95. The molecule has 6 nitrogen and oxygen atoms in total. The Labute approximate surface area is 129 Å². The minimum atomic E-state index is -3.95. The van der Waals surface area contributed by atoms with Gasteiger partial charge in [-0.15, -0.1) is 0 Å². The summed E-state index contributed by atoms with van der Waals surface area (Å²) in [4.78, 5) is 10.0. The van der Waals surface area contributed by atoms with Gasteiger partial charge in [0.15, 0.2) is 0 Å². The molecule has 0 aliphatic carbocycles. The van der Waals surface area contributed by atoms with Gasteiger partial charge in [0.25, 0.3) is 0 Å². The van der Waals surface area contributed by atoms with Crippen LogP contribution >= 0.6 is 15.9 Å². The van der Waals surface area contributed by atoms with Gasteiger partial charge in [-0.25, -0.2) is 17.6 Å². The summed E-state index contributed by atoms with van der Waals surface area (Å²) in [5, 5.41) is 8.55. The largest absolute Gasteiger partial charge is 0.480 e. The molecule has 21 heavy (non-hydrogen) atoms. The van der Waals surface area contributed by atoms with E-state index in [9.17, 15) is 17.6 Å². The number of aliphatic carboxylic acids is 1. The third-order valence-electron chi connectivity index (χ3n) is 3.08. The lowest BCUT2D eigenvalue weighted by atomic mass is 10.0. The number of carbonyl (C=O) groups is 1. The van der Waals surface area contributed by atoms with E-state index in [0.29, 0.717) is 4.47 Å². The first-order valence-electron chi connectivity index (χ1n) is 5.95. The Balaban J connectivity index is 2.11. The number of rotatable bonds is 5. The molecule has 1 fully saturated rings. The highest BCUT2D eigenvalue weighted by Gasteiger charge is 2.47. The van der Waals surface area contributed by atoms with Crippen molar-refractivity contribution in [3.63, 3.8) is 0 Å². The van der Waals surface area contributed by atoms with E-state index in [2.05, 4.69) is 15.9 Å². The SMILES string of the molecule is CC1(OCC(=O)O)CN(S(=O)(=O)c2ccc(Br)cc2F)C1. The van der Waals surface area contributed by atoms with Crippen LogP contribution in [0.5, 0.6) is 0 Å². The molecule has 116 valence electrons. The fourth-order valence-corrected chi connectivity index (χ4v) is 4.06. The van der Waals surface area contributed by atoms with Crippen molar-refractivity contribution in [2.45, 2.75) is 17.4 Å². The van der Waals surface area contributed by atoms with Gasteiger partial charge in [-0.2, -0.15) is 4.31 Å². The quantitative estimate of drug-likeness (QED) is 0.834. The minimum absolute atomic E-state index is 0.0158. The first-order chi connectivity index (χ1) is 9.64. The van der Waals surface area contributed by atoms with Crippen LogP contribution in [0.3, 0.4) is 0 Å². The topological polar surface area (TPSA) is 83.9 Å². The first-order valence-corrected chi connectivity index (χ1v) is 8.18. The second-order valence-corrected chi connectivity index (χ2v) is 7.80. The van der Waals surface area contributed by atoms with E-state index in [1.165, 1.54) is 12.1 Å². The van der Waals surface area contributed by atoms with Crippen LogP contribution in [0.1, 0.15) is 6.92 Å². The highest BCUT2D eigenvalue weighted by molar-refractivity contribution is 9.10. The summed E-state index contributed by atoms with van der Waals surface area (Å²) in [5.41, 5.74) is -0.864. The molecule has 0 radical (unpaired) electrons. The van der Waals surface area contributed by atoms with Crippen molar-refractivity contribution < 1.29 is 27.4 Å². The number of sulfonamides is 1. The van der Waals surface area contributed by atoms with Gasteiger partial charge in [-0.3, -0.25) is 0 Å². The maximum atomic E-state index is 13.8. The number of halogens is 2. The molecule has 1 aromatic rings. The van der Waals surface area contributed by atoms with E-state index in [1.807, 2.05) is 0 Å². The van der Waals surface area contributed by atoms with Gasteiger partial charge in [-0.1, -0.05) is 15.9 Å². The number of carboxylic acids is 1. The maximum Gasteiger partial charge on any atom is 0.329 e. The van der Waals surface area contributed by atoms with Gasteiger partial charge in [-0.05, 0) is 25.1 Å². The molecular weight excluding hydrogens is 369 g/mol. The lowest BCUT2D eigenvalue weighted by molar-refractivity contribution is -0.157. The zero-order valence-corrected chi connectivity index (χ0v) is 13.4. The summed E-state index contributed by atoms with van der Waals surface area (Å²) >= 11 is 3.06. The molecule has 0 spiro atoms. The molecule has 1 N–H and O–H groups in total. The number of ether oxygens (including phenoxy) is 1. The number of benzene rings is 1. The third kappa shape index (κ3) is 3.42. The molecule has 1 aliphatic rings. The zero-order chi connectivity index (χ0) is 15.8. The Morgan fingerprint density at radius 1 is 1.52 bits per heavy atom. The van der Waals surface area contributed by atoms with E-state index < -0.39 is 38.9 Å². The molecule has 0 saturated carbocycles. The predicted molar refractivity (Wildman–Crippen MR) is 74.9 cm³/mol. The molecule has 0 atom stereocenters. The molecule has 0 amide bonds. The van der Waals surface area contributed by atoms with Gasteiger partial charge in [0.2, 0.25) is 10.0 Å². The van der Waals surface area contributed by atoms with Crippen LogP contribution in [-0.4, -0.2) is 49.1 Å². The van der Waals surface area contributed by atoms with Crippen LogP contribution < -0.4 is 0 Å². The lowest BCUT2D eigenvalue weighted by Gasteiger charge is -2.46. The smallest absolute Gasteiger partial charge is 0.329 e. The number of nitrogens with zero attached hydrogens (tertiary/aromatic N) is 1. The molecule has 1 aromatic carbocycles. The molecule has 1 saturated heterocycles. The summed E-state index contributed by atoms with van der Waals surface area (Å²) in [6.45, 7) is 1.08. The minimum Gasteiger partial charge on any atom is -0.480 e. The van der Waals surface area contributed by atoms with Gasteiger partial charge in [0.1, 0.15) is 17.3 Å². The Kier molecular flexibility index (Phi) is 4.39. The van der Waals surface area contributed by atoms with Crippen LogP contribution in [0.25, 0.3) is 0 Å². The average molecular weight is 382 g/mol. The van der Waals surface area contributed by atoms with E-state index >= 15 is 0 Å². The predicted octanol–water partition coefficient (Wildman–Crippen LogP) is 1.45.